The van der Waals surface area contributed by atoms with Gasteiger partial charge < -0.3 is 15.5 Å². The van der Waals surface area contributed by atoms with Crippen molar-refractivity contribution in [2.75, 3.05) is 6.61 Å². The number of unbranched alkanes of at least 4 members (excludes halogenated alkanes) is 1. The summed E-state index contributed by atoms with van der Waals surface area (Å²) in [7, 11) is 0. The van der Waals surface area contributed by atoms with E-state index in [9.17, 15) is 9.59 Å². The molecule has 0 heterocycles. The van der Waals surface area contributed by atoms with E-state index in [1.807, 2.05) is 0 Å². The standard InChI is InChI=1S/C14H25NO4/c1-2-3-4-10-5-7-11(8-6-10)13(17)15-12(9-16)14(18)19/h10-12,16H,2-9H2,1H3,(H,15,17)(H,18,19)/t10?,11?,12-/m1/s1. The highest BCUT2D eigenvalue weighted by atomic mass is 16.4. The van der Waals surface area contributed by atoms with Crippen LogP contribution in [0.5, 0.6) is 0 Å². The van der Waals surface area contributed by atoms with Crippen LogP contribution in [0.1, 0.15) is 51.9 Å². The van der Waals surface area contributed by atoms with Crippen molar-refractivity contribution < 1.29 is 19.8 Å². The lowest BCUT2D eigenvalue weighted by molar-refractivity contribution is -0.143. The van der Waals surface area contributed by atoms with Gasteiger partial charge in [0.05, 0.1) is 6.61 Å². The Morgan fingerprint density at radius 3 is 2.37 bits per heavy atom. The van der Waals surface area contributed by atoms with E-state index < -0.39 is 18.6 Å². The Kier molecular flexibility index (Phi) is 6.84. The quantitative estimate of drug-likeness (QED) is 0.655. The molecule has 0 aromatic heterocycles. The van der Waals surface area contributed by atoms with E-state index in [-0.39, 0.29) is 11.8 Å². The van der Waals surface area contributed by atoms with E-state index in [1.54, 1.807) is 0 Å². The topological polar surface area (TPSA) is 86.6 Å². The van der Waals surface area contributed by atoms with E-state index in [0.29, 0.717) is 0 Å². The van der Waals surface area contributed by atoms with Crippen molar-refractivity contribution in [2.24, 2.45) is 11.8 Å². The predicted molar refractivity (Wildman–Crippen MR) is 71.6 cm³/mol. The highest BCUT2D eigenvalue weighted by Crippen LogP contribution is 2.31. The van der Waals surface area contributed by atoms with Crippen molar-refractivity contribution in [2.45, 2.75) is 57.9 Å². The van der Waals surface area contributed by atoms with Gasteiger partial charge in [0.1, 0.15) is 6.04 Å². The lowest BCUT2D eigenvalue weighted by Gasteiger charge is -2.28. The van der Waals surface area contributed by atoms with Crippen LogP contribution in [0.4, 0.5) is 0 Å². The van der Waals surface area contributed by atoms with E-state index >= 15 is 0 Å². The van der Waals surface area contributed by atoms with E-state index in [4.69, 9.17) is 10.2 Å². The van der Waals surface area contributed by atoms with Crippen LogP contribution in [0, 0.1) is 11.8 Å². The second-order valence-electron chi connectivity index (χ2n) is 5.44. The molecule has 3 N–H and O–H groups in total. The predicted octanol–water partition coefficient (Wildman–Crippen LogP) is 1.54. The van der Waals surface area contributed by atoms with Crippen molar-refractivity contribution in [1.82, 2.24) is 5.32 Å². The average molecular weight is 271 g/mol. The number of aliphatic hydroxyl groups excluding tert-OH is 1. The highest BCUT2D eigenvalue weighted by molar-refractivity contribution is 5.85. The number of nitrogens with one attached hydrogen (secondary N) is 1. The number of aliphatic hydroxyl groups is 1. The number of carboxylic acid groups (broad SMARTS) is 1. The number of carbonyl (C=O) groups is 2. The molecule has 110 valence electrons. The summed E-state index contributed by atoms with van der Waals surface area (Å²) >= 11 is 0. The van der Waals surface area contributed by atoms with Crippen LogP contribution < -0.4 is 5.32 Å². The molecule has 5 heteroatoms. The zero-order valence-corrected chi connectivity index (χ0v) is 11.6. The summed E-state index contributed by atoms with van der Waals surface area (Å²) in [6.07, 6.45) is 7.45. The summed E-state index contributed by atoms with van der Waals surface area (Å²) < 4.78 is 0. The van der Waals surface area contributed by atoms with Crippen LogP contribution in [0.3, 0.4) is 0 Å². The molecule has 19 heavy (non-hydrogen) atoms. The largest absolute Gasteiger partial charge is 0.480 e. The maximum Gasteiger partial charge on any atom is 0.328 e. The van der Waals surface area contributed by atoms with Crippen molar-refractivity contribution >= 4 is 11.9 Å². The third-order valence-corrected chi connectivity index (χ3v) is 3.98. The molecule has 1 atom stereocenters. The van der Waals surface area contributed by atoms with Crippen LogP contribution in [0.2, 0.25) is 0 Å². The molecule has 0 aromatic carbocycles. The highest BCUT2D eigenvalue weighted by Gasteiger charge is 2.28. The molecule has 1 rings (SSSR count). The number of hydrogen-bond acceptors (Lipinski definition) is 3. The molecule has 0 radical (unpaired) electrons. The number of carbonyl (C=O) groups excluding carboxylic acids is 1. The van der Waals surface area contributed by atoms with E-state index in [1.165, 1.54) is 19.3 Å². The summed E-state index contributed by atoms with van der Waals surface area (Å²) in [6, 6.07) is -1.18. The van der Waals surface area contributed by atoms with E-state index in [2.05, 4.69) is 12.2 Å². The third-order valence-electron chi connectivity index (χ3n) is 3.98. The summed E-state index contributed by atoms with van der Waals surface area (Å²) in [5.41, 5.74) is 0. The average Bonchev–Trinajstić information content (AvgIpc) is 2.42. The van der Waals surface area contributed by atoms with E-state index in [0.717, 1.165) is 31.6 Å². The molecule has 1 fully saturated rings. The Bertz CT molecular complexity index is 298. The first kappa shape index (κ1) is 16.0. The maximum atomic E-state index is 11.9. The molecule has 0 aromatic rings. The van der Waals surface area contributed by atoms with Gasteiger partial charge in [-0.15, -0.1) is 0 Å². The Morgan fingerprint density at radius 1 is 1.26 bits per heavy atom. The molecule has 5 nitrogen and oxygen atoms in total. The van der Waals surface area contributed by atoms with Gasteiger partial charge >= 0.3 is 5.97 Å². The molecule has 0 unspecified atom stereocenters. The fourth-order valence-electron chi connectivity index (χ4n) is 2.68. The minimum Gasteiger partial charge on any atom is -0.480 e. The molecule has 0 saturated heterocycles. The fourth-order valence-corrected chi connectivity index (χ4v) is 2.68. The minimum absolute atomic E-state index is 0.0914. The fraction of sp³-hybridized carbons (Fsp3) is 0.857. The molecule has 0 aliphatic heterocycles. The molecule has 0 bridgehead atoms. The van der Waals surface area contributed by atoms with Gasteiger partial charge in [-0.05, 0) is 31.6 Å². The van der Waals surface area contributed by atoms with Gasteiger partial charge in [-0.1, -0.05) is 26.2 Å². The third kappa shape index (κ3) is 5.19. The first-order valence-corrected chi connectivity index (χ1v) is 7.22. The number of amides is 1. The van der Waals surface area contributed by atoms with Crippen molar-refractivity contribution in [3.63, 3.8) is 0 Å². The second kappa shape index (κ2) is 8.15. The zero-order chi connectivity index (χ0) is 14.3. The normalized spacial score (nSPS) is 24.7. The van der Waals surface area contributed by atoms with Gasteiger partial charge in [-0.2, -0.15) is 0 Å². The molecule has 1 amide bonds. The maximum absolute atomic E-state index is 11.9. The van der Waals surface area contributed by atoms with Gasteiger partial charge in [0.2, 0.25) is 5.91 Å². The second-order valence-corrected chi connectivity index (χ2v) is 5.44. The SMILES string of the molecule is CCCCC1CCC(C(=O)N[C@H](CO)C(=O)O)CC1. The first-order chi connectivity index (χ1) is 9.08. The van der Waals surface area contributed by atoms with Crippen molar-refractivity contribution in [3.8, 4) is 0 Å². The Morgan fingerprint density at radius 2 is 1.89 bits per heavy atom. The van der Waals surface area contributed by atoms with Gasteiger partial charge in [-0.25, -0.2) is 4.79 Å². The minimum atomic E-state index is -1.19. The summed E-state index contributed by atoms with van der Waals surface area (Å²) in [6.45, 7) is 1.62. The smallest absolute Gasteiger partial charge is 0.328 e. The lowest BCUT2D eigenvalue weighted by Crippen LogP contribution is -2.46. The van der Waals surface area contributed by atoms with Crippen molar-refractivity contribution in [1.29, 1.82) is 0 Å². The number of hydrogen-bond donors (Lipinski definition) is 3. The molecule has 1 saturated carbocycles. The summed E-state index contributed by atoms with van der Waals surface area (Å²) in [5, 5.41) is 20.1. The number of carboxylic acids is 1. The number of aliphatic carboxylic acids is 1. The Balaban J connectivity index is 2.34. The Hall–Kier alpha value is -1.10. The van der Waals surface area contributed by atoms with Crippen LogP contribution in [-0.2, 0) is 9.59 Å². The van der Waals surface area contributed by atoms with Gasteiger partial charge in [0.25, 0.3) is 0 Å². The molecule has 1 aliphatic carbocycles. The molecular formula is C14H25NO4. The summed E-state index contributed by atoms with van der Waals surface area (Å²) in [4.78, 5) is 22.7. The lowest BCUT2D eigenvalue weighted by atomic mass is 9.79. The van der Waals surface area contributed by atoms with Crippen LogP contribution in [0.25, 0.3) is 0 Å². The monoisotopic (exact) mass is 271 g/mol. The van der Waals surface area contributed by atoms with Crippen LogP contribution >= 0.6 is 0 Å². The zero-order valence-electron chi connectivity index (χ0n) is 11.6. The molecular weight excluding hydrogens is 246 g/mol. The molecule has 0 spiro atoms. The van der Waals surface area contributed by atoms with Crippen molar-refractivity contribution in [3.05, 3.63) is 0 Å². The van der Waals surface area contributed by atoms with Crippen LogP contribution in [-0.4, -0.2) is 34.7 Å². The van der Waals surface area contributed by atoms with Gasteiger partial charge in [0.15, 0.2) is 0 Å². The van der Waals surface area contributed by atoms with Gasteiger partial charge in [0, 0.05) is 5.92 Å². The first-order valence-electron chi connectivity index (χ1n) is 7.22. The number of rotatable bonds is 7. The molecule has 1 aliphatic rings. The van der Waals surface area contributed by atoms with Gasteiger partial charge in [-0.3, -0.25) is 4.79 Å². The summed E-state index contributed by atoms with van der Waals surface area (Å²) in [5.74, 6) is -0.786. The Labute approximate surface area is 114 Å². The van der Waals surface area contributed by atoms with Crippen LogP contribution in [0.15, 0.2) is 0 Å².